The molecule has 0 aromatic heterocycles. The van der Waals surface area contributed by atoms with Crippen LogP contribution < -0.4 is 10.8 Å². The number of anilines is 1. The number of halogens is 1. The highest BCUT2D eigenvalue weighted by Gasteiger charge is 2.29. The highest BCUT2D eigenvalue weighted by Crippen LogP contribution is 2.34. The number of nitrogens with one attached hydrogen (secondary N) is 2. The van der Waals surface area contributed by atoms with Crippen molar-refractivity contribution >= 4 is 44.4 Å². The van der Waals surface area contributed by atoms with Crippen LogP contribution in [0, 0.1) is 0 Å². The first-order chi connectivity index (χ1) is 15.9. The second-order valence-electron chi connectivity index (χ2n) is 6.94. The number of carbonyl (C=O) groups is 2. The molecule has 0 radical (unpaired) electrons. The van der Waals surface area contributed by atoms with Gasteiger partial charge in [-0.3, -0.25) is 15.3 Å². The van der Waals surface area contributed by atoms with Gasteiger partial charge >= 0.3 is 6.09 Å². The van der Waals surface area contributed by atoms with E-state index >= 15 is 0 Å². The number of aromatic hydroxyl groups is 1. The highest BCUT2D eigenvalue weighted by atomic mass is 79.9. The summed E-state index contributed by atoms with van der Waals surface area (Å²) in [6, 6.07) is 17.7. The van der Waals surface area contributed by atoms with Crippen molar-refractivity contribution in [3.05, 3.63) is 82.9 Å². The van der Waals surface area contributed by atoms with E-state index in [0.29, 0.717) is 10.2 Å². The first-order valence-corrected chi connectivity index (χ1v) is 10.9. The fourth-order valence-corrected chi connectivity index (χ4v) is 3.68. The summed E-state index contributed by atoms with van der Waals surface area (Å²) in [6.45, 7) is 1.97. The monoisotopic (exact) mass is 514 g/mol. The van der Waals surface area contributed by atoms with Crippen molar-refractivity contribution in [1.29, 1.82) is 0 Å². The van der Waals surface area contributed by atoms with E-state index in [4.69, 9.17) is 14.7 Å². The molecule has 33 heavy (non-hydrogen) atoms. The van der Waals surface area contributed by atoms with E-state index in [-0.39, 0.29) is 17.9 Å². The van der Waals surface area contributed by atoms with Crippen molar-refractivity contribution in [2.75, 3.05) is 11.9 Å². The summed E-state index contributed by atoms with van der Waals surface area (Å²) in [5, 5.41) is 23.8. The molecule has 3 rings (SSSR count). The average Bonchev–Trinajstić information content (AvgIpc) is 2.82. The maximum atomic E-state index is 12.9. The standard InChI is InChI=1S/C24H23BrN2O6/c1-2-32-21(12-13-22(29)27-31)23(18-14-16(25)10-11-20(18)28)33-24(30)26-19-9-5-7-15-6-3-4-8-17(15)19/h3-14,21,23,28,31H,2H2,1H3,(H,26,30)(H,27,29)/b13-12+/t21-,23-/m1/s1. The number of ether oxygens (including phenoxy) is 2. The number of rotatable bonds is 8. The van der Waals surface area contributed by atoms with Crippen LogP contribution in [0.2, 0.25) is 0 Å². The Morgan fingerprint density at radius 3 is 2.64 bits per heavy atom. The van der Waals surface area contributed by atoms with Crippen LogP contribution >= 0.6 is 15.9 Å². The van der Waals surface area contributed by atoms with Gasteiger partial charge in [0.25, 0.3) is 5.91 Å². The average molecular weight is 515 g/mol. The molecule has 0 heterocycles. The van der Waals surface area contributed by atoms with Gasteiger partial charge in [-0.15, -0.1) is 0 Å². The Bertz CT molecular complexity index is 1160. The topological polar surface area (TPSA) is 117 Å². The van der Waals surface area contributed by atoms with Gasteiger partial charge in [0.1, 0.15) is 11.9 Å². The molecule has 0 saturated carbocycles. The SMILES string of the molecule is CCO[C@H](/C=C/C(=O)NO)[C@H](OC(=O)Nc1cccc2ccccc12)c1cc(Br)ccc1O. The molecular weight excluding hydrogens is 492 g/mol. The smallest absolute Gasteiger partial charge is 0.412 e. The van der Waals surface area contributed by atoms with E-state index in [1.807, 2.05) is 36.4 Å². The molecule has 2 amide bonds. The summed E-state index contributed by atoms with van der Waals surface area (Å²) in [7, 11) is 0. The van der Waals surface area contributed by atoms with E-state index in [1.165, 1.54) is 17.6 Å². The lowest BCUT2D eigenvalue weighted by Crippen LogP contribution is -2.28. The number of hydrogen-bond donors (Lipinski definition) is 4. The quantitative estimate of drug-likeness (QED) is 0.189. The number of benzene rings is 3. The molecule has 0 saturated heterocycles. The molecular formula is C24H23BrN2O6. The first-order valence-electron chi connectivity index (χ1n) is 10.1. The number of phenolic OH excluding ortho intramolecular Hbond substituents is 1. The maximum absolute atomic E-state index is 12.9. The third kappa shape index (κ3) is 6.32. The molecule has 0 fully saturated rings. The molecule has 0 spiro atoms. The van der Waals surface area contributed by atoms with Crippen molar-refractivity contribution in [3.63, 3.8) is 0 Å². The number of carbonyl (C=O) groups excluding carboxylic acids is 2. The molecule has 9 heteroatoms. The van der Waals surface area contributed by atoms with E-state index in [9.17, 15) is 14.7 Å². The Morgan fingerprint density at radius 1 is 1.12 bits per heavy atom. The van der Waals surface area contributed by atoms with Gasteiger partial charge in [0.05, 0.1) is 5.69 Å². The zero-order chi connectivity index (χ0) is 23.8. The second-order valence-corrected chi connectivity index (χ2v) is 7.85. The fourth-order valence-electron chi connectivity index (χ4n) is 3.31. The predicted molar refractivity (Wildman–Crippen MR) is 127 cm³/mol. The lowest BCUT2D eigenvalue weighted by atomic mass is 10.0. The zero-order valence-corrected chi connectivity index (χ0v) is 19.3. The molecule has 0 aliphatic heterocycles. The summed E-state index contributed by atoms with van der Waals surface area (Å²) < 4.78 is 12.0. The summed E-state index contributed by atoms with van der Waals surface area (Å²) in [6.07, 6.45) is -0.439. The van der Waals surface area contributed by atoms with Gasteiger partial charge in [0.2, 0.25) is 0 Å². The third-order valence-electron chi connectivity index (χ3n) is 4.76. The molecule has 8 nitrogen and oxygen atoms in total. The molecule has 4 N–H and O–H groups in total. The largest absolute Gasteiger partial charge is 0.508 e. The predicted octanol–water partition coefficient (Wildman–Crippen LogP) is 5.06. The first kappa shape index (κ1) is 24.2. The van der Waals surface area contributed by atoms with E-state index in [0.717, 1.165) is 16.8 Å². The van der Waals surface area contributed by atoms with Gasteiger partial charge in [-0.05, 0) is 42.7 Å². The number of hydrogen-bond acceptors (Lipinski definition) is 6. The van der Waals surface area contributed by atoms with Crippen LogP contribution in [0.25, 0.3) is 10.8 Å². The number of fused-ring (bicyclic) bond motifs is 1. The number of hydroxylamine groups is 1. The minimum Gasteiger partial charge on any atom is -0.508 e. The number of amides is 2. The Labute approximate surface area is 198 Å². The zero-order valence-electron chi connectivity index (χ0n) is 17.7. The van der Waals surface area contributed by atoms with Crippen molar-refractivity contribution in [2.24, 2.45) is 0 Å². The van der Waals surface area contributed by atoms with Crippen molar-refractivity contribution in [3.8, 4) is 5.75 Å². The molecule has 2 atom stereocenters. The molecule has 172 valence electrons. The maximum Gasteiger partial charge on any atom is 0.412 e. The molecule has 3 aromatic carbocycles. The minimum absolute atomic E-state index is 0.120. The number of phenols is 1. The van der Waals surface area contributed by atoms with Gasteiger partial charge in [-0.1, -0.05) is 52.3 Å². The molecule has 0 aliphatic carbocycles. The lowest BCUT2D eigenvalue weighted by molar-refractivity contribution is -0.124. The summed E-state index contributed by atoms with van der Waals surface area (Å²) in [5.74, 6) is -0.900. The highest BCUT2D eigenvalue weighted by molar-refractivity contribution is 9.10. The van der Waals surface area contributed by atoms with Gasteiger partial charge in [-0.25, -0.2) is 10.3 Å². The van der Waals surface area contributed by atoms with Gasteiger partial charge in [-0.2, -0.15) is 0 Å². The van der Waals surface area contributed by atoms with Crippen molar-refractivity contribution in [2.45, 2.75) is 19.1 Å². The van der Waals surface area contributed by atoms with E-state index in [2.05, 4.69) is 21.2 Å². The Hall–Kier alpha value is -3.40. The Kier molecular flexibility index (Phi) is 8.42. The molecule has 0 bridgehead atoms. The lowest BCUT2D eigenvalue weighted by Gasteiger charge is -2.26. The summed E-state index contributed by atoms with van der Waals surface area (Å²) in [5.41, 5.74) is 2.32. The molecule has 3 aromatic rings. The minimum atomic E-state index is -1.11. The normalized spacial score (nSPS) is 12.9. The second kappa shape index (κ2) is 11.5. The van der Waals surface area contributed by atoms with Crippen LogP contribution in [0.1, 0.15) is 18.6 Å². The molecule has 0 unspecified atom stereocenters. The van der Waals surface area contributed by atoms with Crippen LogP contribution in [0.4, 0.5) is 10.5 Å². The van der Waals surface area contributed by atoms with Crippen molar-refractivity contribution in [1.82, 2.24) is 5.48 Å². The Balaban J connectivity index is 1.94. The van der Waals surface area contributed by atoms with Crippen LogP contribution in [-0.2, 0) is 14.3 Å². The summed E-state index contributed by atoms with van der Waals surface area (Å²) in [4.78, 5) is 24.4. The van der Waals surface area contributed by atoms with Gasteiger partial charge in [0.15, 0.2) is 6.10 Å². The van der Waals surface area contributed by atoms with Crippen LogP contribution in [-0.4, -0.2) is 35.0 Å². The van der Waals surface area contributed by atoms with Crippen LogP contribution in [0.15, 0.2) is 77.3 Å². The Morgan fingerprint density at radius 2 is 1.88 bits per heavy atom. The molecule has 0 aliphatic rings. The summed E-state index contributed by atoms with van der Waals surface area (Å²) >= 11 is 3.35. The van der Waals surface area contributed by atoms with E-state index in [1.54, 1.807) is 25.1 Å². The van der Waals surface area contributed by atoms with Gasteiger partial charge in [0, 0.05) is 28.1 Å². The third-order valence-corrected chi connectivity index (χ3v) is 5.25. The fraction of sp³-hybridized carbons (Fsp3) is 0.167. The van der Waals surface area contributed by atoms with Crippen LogP contribution in [0.5, 0.6) is 5.75 Å². The van der Waals surface area contributed by atoms with E-state index < -0.39 is 24.2 Å². The van der Waals surface area contributed by atoms with Crippen LogP contribution in [0.3, 0.4) is 0 Å². The van der Waals surface area contributed by atoms with Crippen molar-refractivity contribution < 1.29 is 29.4 Å². The van der Waals surface area contributed by atoms with Gasteiger partial charge < -0.3 is 14.6 Å².